The number of benzene rings is 1. The number of aromatic amines is 1. The Labute approximate surface area is 127 Å². The molecule has 22 heavy (non-hydrogen) atoms. The zero-order chi connectivity index (χ0) is 15.7. The van der Waals surface area contributed by atoms with Crippen LogP contribution in [-0.2, 0) is 0 Å². The van der Waals surface area contributed by atoms with Crippen LogP contribution in [0.15, 0.2) is 39.9 Å². The van der Waals surface area contributed by atoms with Gasteiger partial charge >= 0.3 is 5.69 Å². The van der Waals surface area contributed by atoms with E-state index in [1.165, 1.54) is 10.6 Å². The summed E-state index contributed by atoms with van der Waals surface area (Å²) in [5.74, 6) is 1.28. The van der Waals surface area contributed by atoms with Crippen LogP contribution in [0.4, 0.5) is 5.82 Å². The molecule has 2 aromatic rings. The van der Waals surface area contributed by atoms with Gasteiger partial charge in [-0.1, -0.05) is 18.2 Å². The molecule has 2 N–H and O–H groups in total. The second-order valence-electron chi connectivity index (χ2n) is 5.66. The molecule has 0 aliphatic carbocycles. The first kappa shape index (κ1) is 14.4. The number of hydrogen-bond donors (Lipinski definition) is 2. The summed E-state index contributed by atoms with van der Waals surface area (Å²) >= 11 is 0. The highest BCUT2D eigenvalue weighted by Crippen LogP contribution is 2.33. The Morgan fingerprint density at radius 2 is 2.09 bits per heavy atom. The van der Waals surface area contributed by atoms with Gasteiger partial charge in [-0.15, -0.1) is 0 Å². The van der Waals surface area contributed by atoms with E-state index in [1.807, 2.05) is 24.3 Å². The van der Waals surface area contributed by atoms with Gasteiger partial charge in [0.25, 0.3) is 5.56 Å². The number of fused-ring (bicyclic) bond motifs is 1. The smallest absolute Gasteiger partial charge is 0.330 e. The van der Waals surface area contributed by atoms with Crippen LogP contribution in [0.1, 0.15) is 37.9 Å². The monoisotopic (exact) mass is 301 g/mol. The SMILES string of the molecule is CC(C)n1c(=O)cc(NC2CCOc3ccccc32)[nH]c1=O. The average Bonchev–Trinajstić information content (AvgIpc) is 2.46. The lowest BCUT2D eigenvalue weighted by Gasteiger charge is -2.27. The van der Waals surface area contributed by atoms with Gasteiger partial charge in [-0.2, -0.15) is 0 Å². The van der Waals surface area contributed by atoms with Gasteiger partial charge < -0.3 is 10.1 Å². The summed E-state index contributed by atoms with van der Waals surface area (Å²) in [6.07, 6.45) is 0.770. The number of para-hydroxylation sites is 1. The van der Waals surface area contributed by atoms with E-state index in [0.717, 1.165) is 17.7 Å². The standard InChI is InChI=1S/C16H19N3O3/c1-10(2)19-15(20)9-14(18-16(19)21)17-12-7-8-22-13-6-4-3-5-11(12)13/h3-6,9-10,12,17H,7-8H2,1-2H3,(H,18,21). The number of rotatable bonds is 3. The molecule has 1 aromatic carbocycles. The van der Waals surface area contributed by atoms with Crippen molar-refractivity contribution >= 4 is 5.82 Å². The minimum Gasteiger partial charge on any atom is -0.493 e. The van der Waals surface area contributed by atoms with Crippen molar-refractivity contribution in [2.75, 3.05) is 11.9 Å². The highest BCUT2D eigenvalue weighted by atomic mass is 16.5. The normalized spacial score (nSPS) is 17.0. The van der Waals surface area contributed by atoms with Gasteiger partial charge in [-0.05, 0) is 19.9 Å². The van der Waals surface area contributed by atoms with Crippen molar-refractivity contribution in [3.63, 3.8) is 0 Å². The summed E-state index contributed by atoms with van der Waals surface area (Å²) in [6, 6.07) is 9.04. The zero-order valence-corrected chi connectivity index (χ0v) is 12.6. The molecule has 0 bridgehead atoms. The molecule has 116 valence electrons. The molecule has 0 saturated carbocycles. The topological polar surface area (TPSA) is 76.1 Å². The van der Waals surface area contributed by atoms with Crippen LogP contribution < -0.4 is 21.3 Å². The molecule has 1 aromatic heterocycles. The fourth-order valence-electron chi connectivity index (χ4n) is 2.75. The first-order valence-corrected chi connectivity index (χ1v) is 7.40. The van der Waals surface area contributed by atoms with Gasteiger partial charge in [-0.25, -0.2) is 4.79 Å². The zero-order valence-electron chi connectivity index (χ0n) is 12.6. The summed E-state index contributed by atoms with van der Waals surface area (Å²) < 4.78 is 6.81. The van der Waals surface area contributed by atoms with E-state index in [1.54, 1.807) is 13.8 Å². The molecule has 6 heteroatoms. The minimum atomic E-state index is -0.398. The van der Waals surface area contributed by atoms with Gasteiger partial charge in [0.2, 0.25) is 0 Å². The van der Waals surface area contributed by atoms with Crippen molar-refractivity contribution in [3.8, 4) is 5.75 Å². The van der Waals surface area contributed by atoms with Gasteiger partial charge in [-0.3, -0.25) is 14.3 Å². The van der Waals surface area contributed by atoms with E-state index in [2.05, 4.69) is 10.3 Å². The maximum absolute atomic E-state index is 12.1. The molecular formula is C16H19N3O3. The highest BCUT2D eigenvalue weighted by Gasteiger charge is 2.21. The van der Waals surface area contributed by atoms with Crippen LogP contribution in [0.2, 0.25) is 0 Å². The molecule has 0 spiro atoms. The van der Waals surface area contributed by atoms with Gasteiger partial charge in [0, 0.05) is 24.1 Å². The van der Waals surface area contributed by atoms with E-state index < -0.39 is 5.69 Å². The van der Waals surface area contributed by atoms with E-state index in [-0.39, 0.29) is 17.6 Å². The van der Waals surface area contributed by atoms with Crippen LogP contribution in [0, 0.1) is 0 Å². The van der Waals surface area contributed by atoms with Crippen molar-refractivity contribution in [2.24, 2.45) is 0 Å². The maximum atomic E-state index is 12.1. The third-order valence-corrected chi connectivity index (χ3v) is 3.77. The van der Waals surface area contributed by atoms with Crippen molar-refractivity contribution in [1.82, 2.24) is 9.55 Å². The van der Waals surface area contributed by atoms with Crippen LogP contribution in [0.3, 0.4) is 0 Å². The predicted molar refractivity (Wildman–Crippen MR) is 84.6 cm³/mol. The number of nitrogens with one attached hydrogen (secondary N) is 2. The molecule has 1 atom stereocenters. The molecule has 1 aliphatic rings. The number of nitrogens with zero attached hydrogens (tertiary/aromatic N) is 1. The molecule has 0 amide bonds. The molecule has 6 nitrogen and oxygen atoms in total. The first-order valence-electron chi connectivity index (χ1n) is 7.40. The molecule has 0 fully saturated rings. The Kier molecular flexibility index (Phi) is 3.75. The number of anilines is 1. The molecule has 1 aliphatic heterocycles. The van der Waals surface area contributed by atoms with Crippen LogP contribution in [-0.4, -0.2) is 16.2 Å². The van der Waals surface area contributed by atoms with Gasteiger partial charge in [0.1, 0.15) is 11.6 Å². The van der Waals surface area contributed by atoms with Crippen LogP contribution >= 0.6 is 0 Å². The predicted octanol–water partition coefficient (Wildman–Crippen LogP) is 2.05. The Morgan fingerprint density at radius 3 is 2.82 bits per heavy atom. The third-order valence-electron chi connectivity index (χ3n) is 3.77. The second-order valence-corrected chi connectivity index (χ2v) is 5.66. The van der Waals surface area contributed by atoms with Crippen LogP contribution in [0.25, 0.3) is 0 Å². The molecule has 2 heterocycles. The molecule has 0 saturated heterocycles. The van der Waals surface area contributed by atoms with Crippen LogP contribution in [0.5, 0.6) is 5.75 Å². The fraction of sp³-hybridized carbons (Fsp3) is 0.375. The van der Waals surface area contributed by atoms with E-state index in [9.17, 15) is 9.59 Å². The number of aromatic nitrogens is 2. The maximum Gasteiger partial charge on any atom is 0.330 e. The Hall–Kier alpha value is -2.50. The summed E-state index contributed by atoms with van der Waals surface area (Å²) in [7, 11) is 0. The Balaban J connectivity index is 1.92. The largest absolute Gasteiger partial charge is 0.493 e. The molecule has 1 unspecified atom stereocenters. The van der Waals surface area contributed by atoms with E-state index >= 15 is 0 Å². The molecule has 3 rings (SSSR count). The van der Waals surface area contributed by atoms with E-state index in [0.29, 0.717) is 12.4 Å². The lowest BCUT2D eigenvalue weighted by Crippen LogP contribution is -2.36. The fourth-order valence-corrected chi connectivity index (χ4v) is 2.75. The minimum absolute atomic E-state index is 0.00917. The molecular weight excluding hydrogens is 282 g/mol. The highest BCUT2D eigenvalue weighted by molar-refractivity contribution is 5.44. The lowest BCUT2D eigenvalue weighted by molar-refractivity contribution is 0.274. The van der Waals surface area contributed by atoms with Crippen molar-refractivity contribution in [3.05, 3.63) is 56.7 Å². The number of ether oxygens (including phenoxy) is 1. The summed E-state index contributed by atoms with van der Waals surface area (Å²) in [4.78, 5) is 26.8. The van der Waals surface area contributed by atoms with Crippen molar-refractivity contribution in [2.45, 2.75) is 32.4 Å². The third kappa shape index (κ3) is 2.64. The summed E-state index contributed by atoms with van der Waals surface area (Å²) in [5.41, 5.74) is 0.328. The molecule has 0 radical (unpaired) electrons. The number of hydrogen-bond acceptors (Lipinski definition) is 4. The number of H-pyrrole nitrogens is 1. The Bertz CT molecular complexity index is 760. The summed E-state index contributed by atoms with van der Waals surface area (Å²) in [5, 5.41) is 3.24. The Morgan fingerprint density at radius 1 is 1.32 bits per heavy atom. The summed E-state index contributed by atoms with van der Waals surface area (Å²) in [6.45, 7) is 4.21. The first-order chi connectivity index (χ1) is 10.6. The van der Waals surface area contributed by atoms with Crippen molar-refractivity contribution < 1.29 is 4.74 Å². The quantitative estimate of drug-likeness (QED) is 0.910. The van der Waals surface area contributed by atoms with E-state index in [4.69, 9.17) is 4.74 Å². The second kappa shape index (κ2) is 5.71. The van der Waals surface area contributed by atoms with Crippen molar-refractivity contribution in [1.29, 1.82) is 0 Å². The van der Waals surface area contributed by atoms with Gasteiger partial charge in [0.05, 0.1) is 12.6 Å². The van der Waals surface area contributed by atoms with Gasteiger partial charge in [0.15, 0.2) is 0 Å². The lowest BCUT2D eigenvalue weighted by atomic mass is 10.0. The average molecular weight is 301 g/mol.